The van der Waals surface area contributed by atoms with E-state index in [1.807, 2.05) is 66.7 Å². The number of benzene rings is 3. The Morgan fingerprint density at radius 1 is 0.919 bits per heavy atom. The van der Waals surface area contributed by atoms with Gasteiger partial charge in [0.1, 0.15) is 12.6 Å². The van der Waals surface area contributed by atoms with Gasteiger partial charge in [-0.3, -0.25) is 4.79 Å². The van der Waals surface area contributed by atoms with Crippen molar-refractivity contribution in [2.24, 2.45) is 5.73 Å². The second-order valence-corrected chi connectivity index (χ2v) is 8.22. The monoisotopic (exact) mass is 496 g/mol. The Kier molecular flexibility index (Phi) is 8.46. The van der Waals surface area contributed by atoms with Crippen molar-refractivity contribution in [1.29, 1.82) is 0 Å². The number of nitrogens with zero attached hydrogens (tertiary/aromatic N) is 1. The lowest BCUT2D eigenvalue weighted by Crippen LogP contribution is -2.37. The molecule has 0 aliphatic heterocycles. The molecule has 0 radical (unpaired) electrons. The van der Waals surface area contributed by atoms with Crippen molar-refractivity contribution in [2.75, 3.05) is 12.4 Å². The molecule has 0 saturated carbocycles. The fourth-order valence-electron chi connectivity index (χ4n) is 3.83. The van der Waals surface area contributed by atoms with Gasteiger partial charge in [0, 0.05) is 24.0 Å². The van der Waals surface area contributed by atoms with Gasteiger partial charge in [-0.1, -0.05) is 60.7 Å². The lowest BCUT2D eigenvalue weighted by molar-refractivity contribution is -0.118. The quantitative estimate of drug-likeness (QED) is 0.306. The number of amides is 2. The van der Waals surface area contributed by atoms with Crippen LogP contribution < -0.4 is 21.1 Å². The maximum absolute atomic E-state index is 13.4. The van der Waals surface area contributed by atoms with Crippen LogP contribution in [0.25, 0.3) is 11.1 Å². The zero-order valence-corrected chi connectivity index (χ0v) is 20.4. The molecule has 1 aromatic heterocycles. The van der Waals surface area contributed by atoms with Crippen LogP contribution in [0.4, 0.5) is 10.5 Å². The standard InChI is InChI=1S/C29H28N4O4/c1-36-28-25(14-7-15-31-28)22-11-6-12-23(17-22)26(27(34)32-24-13-5-10-21(16-24)18-30)33-29(35)37-19-20-8-3-2-4-9-20/h2-17,26H,18-19,30H2,1H3,(H,32,34)(H,33,35)/t26-/m0/s1. The summed E-state index contributed by atoms with van der Waals surface area (Å²) in [6.07, 6.45) is 0.923. The second kappa shape index (κ2) is 12.3. The number of aromatic nitrogens is 1. The maximum Gasteiger partial charge on any atom is 0.408 e. The summed E-state index contributed by atoms with van der Waals surface area (Å²) in [7, 11) is 1.55. The highest BCUT2D eigenvalue weighted by atomic mass is 16.5. The minimum atomic E-state index is -1.03. The molecule has 0 bridgehead atoms. The van der Waals surface area contributed by atoms with Gasteiger partial charge in [0.15, 0.2) is 0 Å². The van der Waals surface area contributed by atoms with E-state index in [1.54, 1.807) is 37.6 Å². The molecule has 4 rings (SSSR count). The first-order valence-corrected chi connectivity index (χ1v) is 11.7. The van der Waals surface area contributed by atoms with E-state index in [0.29, 0.717) is 23.7 Å². The number of methoxy groups -OCH3 is 1. The van der Waals surface area contributed by atoms with Crippen LogP contribution >= 0.6 is 0 Å². The first-order chi connectivity index (χ1) is 18.1. The number of hydrogen-bond donors (Lipinski definition) is 3. The fraction of sp³-hybridized carbons (Fsp3) is 0.138. The first kappa shape index (κ1) is 25.4. The van der Waals surface area contributed by atoms with Crippen LogP contribution in [0, 0.1) is 0 Å². The number of carbonyl (C=O) groups is 2. The number of alkyl carbamates (subject to hydrolysis) is 1. The highest BCUT2D eigenvalue weighted by molar-refractivity contribution is 5.97. The van der Waals surface area contributed by atoms with Crippen LogP contribution in [0.2, 0.25) is 0 Å². The van der Waals surface area contributed by atoms with E-state index in [2.05, 4.69) is 15.6 Å². The Bertz CT molecular complexity index is 1360. The molecule has 37 heavy (non-hydrogen) atoms. The lowest BCUT2D eigenvalue weighted by atomic mass is 9.99. The molecule has 4 aromatic rings. The number of nitrogens with two attached hydrogens (primary N) is 1. The topological polar surface area (TPSA) is 116 Å². The molecule has 0 unspecified atom stereocenters. The molecular formula is C29H28N4O4. The highest BCUT2D eigenvalue weighted by Gasteiger charge is 2.25. The Hall–Kier alpha value is -4.69. The number of nitrogens with one attached hydrogen (secondary N) is 2. The Morgan fingerprint density at radius 2 is 1.70 bits per heavy atom. The van der Waals surface area contributed by atoms with Crippen molar-refractivity contribution in [2.45, 2.75) is 19.2 Å². The van der Waals surface area contributed by atoms with Gasteiger partial charge in [-0.15, -0.1) is 0 Å². The first-order valence-electron chi connectivity index (χ1n) is 11.7. The minimum absolute atomic E-state index is 0.0759. The molecule has 0 fully saturated rings. The van der Waals surface area contributed by atoms with Gasteiger partial charge in [-0.2, -0.15) is 0 Å². The average Bonchev–Trinajstić information content (AvgIpc) is 2.95. The average molecular weight is 497 g/mol. The van der Waals surface area contributed by atoms with Gasteiger partial charge in [0.25, 0.3) is 5.91 Å². The summed E-state index contributed by atoms with van der Waals surface area (Å²) in [5, 5.41) is 5.59. The third kappa shape index (κ3) is 6.71. The van der Waals surface area contributed by atoms with Crippen LogP contribution in [0.3, 0.4) is 0 Å². The lowest BCUT2D eigenvalue weighted by Gasteiger charge is -2.20. The normalized spacial score (nSPS) is 11.3. The van der Waals surface area contributed by atoms with E-state index in [4.69, 9.17) is 15.2 Å². The summed E-state index contributed by atoms with van der Waals surface area (Å²) in [4.78, 5) is 30.5. The Balaban J connectivity index is 1.61. The van der Waals surface area contributed by atoms with Crippen LogP contribution in [0.5, 0.6) is 5.88 Å². The van der Waals surface area contributed by atoms with Crippen molar-refractivity contribution >= 4 is 17.7 Å². The number of carbonyl (C=O) groups excluding carboxylic acids is 2. The molecule has 0 spiro atoms. The summed E-state index contributed by atoms with van der Waals surface area (Å²) < 4.78 is 10.8. The van der Waals surface area contributed by atoms with Crippen molar-refractivity contribution in [3.63, 3.8) is 0 Å². The third-order valence-electron chi connectivity index (χ3n) is 5.66. The minimum Gasteiger partial charge on any atom is -0.481 e. The summed E-state index contributed by atoms with van der Waals surface area (Å²) >= 11 is 0. The molecule has 188 valence electrons. The van der Waals surface area contributed by atoms with Crippen molar-refractivity contribution in [3.8, 4) is 17.0 Å². The smallest absolute Gasteiger partial charge is 0.408 e. The van der Waals surface area contributed by atoms with Gasteiger partial charge in [0.05, 0.1) is 7.11 Å². The number of anilines is 1. The molecule has 2 amide bonds. The van der Waals surface area contributed by atoms with Crippen LogP contribution in [-0.2, 0) is 22.7 Å². The zero-order chi connectivity index (χ0) is 26.0. The van der Waals surface area contributed by atoms with E-state index < -0.39 is 18.0 Å². The van der Waals surface area contributed by atoms with Crippen molar-refractivity contribution in [3.05, 3.63) is 114 Å². The molecule has 0 saturated heterocycles. The number of rotatable bonds is 9. The van der Waals surface area contributed by atoms with E-state index in [1.165, 1.54) is 0 Å². The zero-order valence-electron chi connectivity index (χ0n) is 20.4. The molecule has 3 aromatic carbocycles. The molecule has 8 heteroatoms. The van der Waals surface area contributed by atoms with Crippen LogP contribution in [0.1, 0.15) is 22.7 Å². The molecule has 4 N–H and O–H groups in total. The molecule has 0 aliphatic rings. The van der Waals surface area contributed by atoms with E-state index in [-0.39, 0.29) is 6.61 Å². The summed E-state index contributed by atoms with van der Waals surface area (Å²) in [5.41, 5.74) is 10.1. The van der Waals surface area contributed by atoms with Gasteiger partial charge >= 0.3 is 6.09 Å². The Labute approximate surface area is 215 Å². The summed E-state index contributed by atoms with van der Waals surface area (Å²) in [6, 6.07) is 26.5. The molecule has 1 heterocycles. The number of ether oxygens (including phenoxy) is 2. The van der Waals surface area contributed by atoms with Gasteiger partial charge in [-0.25, -0.2) is 9.78 Å². The number of hydrogen-bond acceptors (Lipinski definition) is 6. The molecule has 0 aliphatic carbocycles. The molecule has 1 atom stereocenters. The molecule has 8 nitrogen and oxygen atoms in total. The van der Waals surface area contributed by atoms with Crippen molar-refractivity contribution < 1.29 is 19.1 Å². The fourth-order valence-corrected chi connectivity index (χ4v) is 3.83. The summed E-state index contributed by atoms with van der Waals surface area (Å²) in [5.74, 6) is 0.0237. The molecular weight excluding hydrogens is 468 g/mol. The van der Waals surface area contributed by atoms with Gasteiger partial charge < -0.3 is 25.8 Å². The van der Waals surface area contributed by atoms with Crippen LogP contribution in [0.15, 0.2) is 97.2 Å². The predicted molar refractivity (Wildman–Crippen MR) is 142 cm³/mol. The number of pyridine rings is 1. The van der Waals surface area contributed by atoms with Gasteiger partial charge in [-0.05, 0) is 52.6 Å². The van der Waals surface area contributed by atoms with E-state index in [9.17, 15) is 9.59 Å². The third-order valence-corrected chi connectivity index (χ3v) is 5.66. The van der Waals surface area contributed by atoms with E-state index in [0.717, 1.165) is 22.3 Å². The van der Waals surface area contributed by atoms with Crippen LogP contribution in [-0.4, -0.2) is 24.1 Å². The second-order valence-electron chi connectivity index (χ2n) is 8.22. The van der Waals surface area contributed by atoms with Gasteiger partial charge in [0.2, 0.25) is 5.88 Å². The Morgan fingerprint density at radius 3 is 2.49 bits per heavy atom. The SMILES string of the molecule is COc1ncccc1-c1cccc([C@H](NC(=O)OCc2ccccc2)C(=O)Nc2cccc(CN)c2)c1. The highest BCUT2D eigenvalue weighted by Crippen LogP contribution is 2.30. The largest absolute Gasteiger partial charge is 0.481 e. The summed E-state index contributed by atoms with van der Waals surface area (Å²) in [6.45, 7) is 0.415. The van der Waals surface area contributed by atoms with Crippen molar-refractivity contribution in [1.82, 2.24) is 10.3 Å². The van der Waals surface area contributed by atoms with E-state index >= 15 is 0 Å². The predicted octanol–water partition coefficient (Wildman–Crippen LogP) is 4.82. The maximum atomic E-state index is 13.4.